The van der Waals surface area contributed by atoms with Gasteiger partial charge in [0.2, 0.25) is 0 Å². The van der Waals surface area contributed by atoms with E-state index in [9.17, 15) is 33.7 Å². The van der Waals surface area contributed by atoms with Gasteiger partial charge >= 0.3 is 23.5 Å². The van der Waals surface area contributed by atoms with E-state index in [2.05, 4.69) is 28.1 Å². The lowest BCUT2D eigenvalue weighted by atomic mass is 10.1. The van der Waals surface area contributed by atoms with Crippen molar-refractivity contribution in [3.63, 3.8) is 0 Å². The van der Waals surface area contributed by atoms with Crippen LogP contribution in [-0.2, 0) is 38.0 Å². The Morgan fingerprint density at radius 1 is 1.11 bits per heavy atom. The van der Waals surface area contributed by atoms with Crippen molar-refractivity contribution in [1.29, 1.82) is 0 Å². The predicted molar refractivity (Wildman–Crippen MR) is 122 cm³/mol. The molecule has 2 unspecified atom stereocenters. The highest BCUT2D eigenvalue weighted by molar-refractivity contribution is 7.78. The smallest absolute Gasteiger partial charge is 0.387 e. The van der Waals surface area contributed by atoms with Crippen molar-refractivity contribution in [2.45, 2.75) is 43.8 Å². The number of imidazole rings is 1. The molecule has 1 aliphatic heterocycles. The average Bonchev–Trinajstić information content (AvgIpc) is 3.22. The topological polar surface area (TPSA) is 279 Å². The molecule has 22 heteroatoms. The van der Waals surface area contributed by atoms with Crippen molar-refractivity contribution in [3.8, 4) is 0 Å². The van der Waals surface area contributed by atoms with Crippen LogP contribution in [0.4, 0.5) is 5.82 Å². The average molecular weight is 593 g/mol. The highest BCUT2D eigenvalue weighted by Gasteiger charge is 2.47. The van der Waals surface area contributed by atoms with Gasteiger partial charge in [0.1, 0.15) is 30.5 Å². The third-order valence-corrected chi connectivity index (χ3v) is 8.75. The number of unbranched alkanes of at least 4 members (excludes halogenated alkanes) is 1. The van der Waals surface area contributed by atoms with E-state index in [1.807, 2.05) is 0 Å². The molecule has 36 heavy (non-hydrogen) atoms. The van der Waals surface area contributed by atoms with Gasteiger partial charge in [-0.2, -0.15) is 8.62 Å². The van der Waals surface area contributed by atoms with Gasteiger partial charge in [-0.05, 0) is 18.2 Å². The molecular formula is C14H22N5O13P3S. The second-order valence-electron chi connectivity index (χ2n) is 7.32. The normalized spacial score (nSPS) is 26.1. The summed E-state index contributed by atoms with van der Waals surface area (Å²) in [5.74, 6) is 0.408. The predicted octanol–water partition coefficient (Wildman–Crippen LogP) is -0.307. The number of phosphoric acid groups is 3. The summed E-state index contributed by atoms with van der Waals surface area (Å²) in [6.07, 6.45) is -3.50. The van der Waals surface area contributed by atoms with Crippen molar-refractivity contribution in [3.05, 3.63) is 12.2 Å². The maximum absolute atomic E-state index is 12.0. The Bertz CT molecular complexity index is 1260. The van der Waals surface area contributed by atoms with E-state index < -0.39 is 54.6 Å². The van der Waals surface area contributed by atoms with Crippen molar-refractivity contribution in [2.75, 3.05) is 12.3 Å². The number of aliphatic hydroxyl groups excluding tert-OH is 2. The SMILES string of the molecule is Nc1ncnc2c1nc(CCCC=S)n2[C@@H]1O[C@H](COP(=O)(O)OP(=O)(O)OP(=O)(O)O)[C@@H](O)[C@H]1O. The van der Waals surface area contributed by atoms with Crippen LogP contribution in [-0.4, -0.2) is 79.6 Å². The summed E-state index contributed by atoms with van der Waals surface area (Å²) in [5.41, 5.74) is 6.24. The number of hydrogen-bond donors (Lipinski definition) is 7. The molecule has 2 aromatic heterocycles. The quantitative estimate of drug-likeness (QED) is 0.0944. The molecule has 0 spiro atoms. The van der Waals surface area contributed by atoms with Gasteiger partial charge in [0.25, 0.3) is 0 Å². The summed E-state index contributed by atoms with van der Waals surface area (Å²) in [6, 6.07) is 0. The van der Waals surface area contributed by atoms with E-state index in [1.165, 1.54) is 9.93 Å². The van der Waals surface area contributed by atoms with E-state index in [-0.39, 0.29) is 17.0 Å². The first-order chi connectivity index (χ1) is 16.6. The van der Waals surface area contributed by atoms with E-state index in [0.29, 0.717) is 25.1 Å². The molecule has 202 valence electrons. The van der Waals surface area contributed by atoms with Crippen molar-refractivity contribution in [2.24, 2.45) is 0 Å². The fraction of sp³-hybridized carbons (Fsp3) is 0.571. The van der Waals surface area contributed by atoms with Crippen LogP contribution in [0.15, 0.2) is 6.33 Å². The van der Waals surface area contributed by atoms with E-state index in [0.717, 1.165) is 6.33 Å². The summed E-state index contributed by atoms with van der Waals surface area (Å²) in [4.78, 5) is 48.4. The van der Waals surface area contributed by atoms with Gasteiger partial charge < -0.3 is 40.3 Å². The molecule has 3 heterocycles. The van der Waals surface area contributed by atoms with Crippen LogP contribution in [0.5, 0.6) is 0 Å². The first-order valence-electron chi connectivity index (χ1n) is 9.85. The molecule has 0 bridgehead atoms. The molecule has 0 aliphatic carbocycles. The number of nitrogen functional groups attached to an aromatic ring is 1. The highest BCUT2D eigenvalue weighted by Crippen LogP contribution is 2.66. The Hall–Kier alpha value is -1.27. The Balaban J connectivity index is 1.79. The summed E-state index contributed by atoms with van der Waals surface area (Å²) < 4.78 is 52.9. The van der Waals surface area contributed by atoms with Crippen LogP contribution >= 0.6 is 35.7 Å². The van der Waals surface area contributed by atoms with E-state index in [4.69, 9.17) is 32.5 Å². The number of nitrogens with two attached hydrogens (primary N) is 1. The number of anilines is 1. The minimum absolute atomic E-state index is 0.0482. The molecule has 0 aromatic carbocycles. The lowest BCUT2D eigenvalue weighted by Crippen LogP contribution is -2.34. The van der Waals surface area contributed by atoms with Crippen molar-refractivity contribution >= 4 is 58.0 Å². The number of rotatable bonds is 12. The minimum Gasteiger partial charge on any atom is -0.387 e. The van der Waals surface area contributed by atoms with Crippen LogP contribution in [0.1, 0.15) is 24.9 Å². The number of aryl methyl sites for hydroxylation is 1. The zero-order chi connectivity index (χ0) is 26.9. The molecule has 0 radical (unpaired) electrons. The minimum atomic E-state index is -5.73. The molecule has 1 aliphatic rings. The van der Waals surface area contributed by atoms with Crippen molar-refractivity contribution < 1.29 is 61.4 Å². The fourth-order valence-corrected chi connectivity index (χ4v) is 6.51. The Morgan fingerprint density at radius 2 is 1.81 bits per heavy atom. The number of phosphoric ester groups is 1. The summed E-state index contributed by atoms with van der Waals surface area (Å²) in [7, 11) is -16.8. The standard InChI is InChI=1S/C14H22N5O13P3S/c15-12-9-13(17-6-16-12)19(8(18-9)3-1-2-4-36)14-11(21)10(20)7(30-14)5-29-34(25,26)32-35(27,28)31-33(22,23)24/h4,6-7,10-11,14,20-21H,1-3,5H2,(H,25,26)(H,27,28)(H2,15,16,17)(H2,22,23,24)/t7-,10-,11-,14-/m1/s1. The number of fused-ring (bicyclic) bond motifs is 1. The monoisotopic (exact) mass is 593 g/mol. The lowest BCUT2D eigenvalue weighted by Gasteiger charge is -2.20. The van der Waals surface area contributed by atoms with Gasteiger partial charge in [-0.1, -0.05) is 12.2 Å². The van der Waals surface area contributed by atoms with Gasteiger partial charge in [-0.25, -0.2) is 28.6 Å². The van der Waals surface area contributed by atoms with Gasteiger partial charge in [-0.3, -0.25) is 9.09 Å². The number of ether oxygens (including phenoxy) is 1. The number of hydrogen-bond acceptors (Lipinski definition) is 14. The first-order valence-corrected chi connectivity index (χ1v) is 14.8. The Morgan fingerprint density at radius 3 is 2.44 bits per heavy atom. The van der Waals surface area contributed by atoms with Crippen LogP contribution in [0, 0.1) is 0 Å². The van der Waals surface area contributed by atoms with Crippen molar-refractivity contribution in [1.82, 2.24) is 19.5 Å². The van der Waals surface area contributed by atoms with Crippen LogP contribution in [0.25, 0.3) is 11.2 Å². The number of aromatic nitrogens is 4. The fourth-order valence-electron chi connectivity index (χ4n) is 3.31. The van der Waals surface area contributed by atoms with E-state index >= 15 is 0 Å². The molecule has 6 atom stereocenters. The first kappa shape index (κ1) is 29.3. The third-order valence-electron chi connectivity index (χ3n) is 4.71. The molecule has 3 rings (SSSR count). The number of aliphatic hydroxyl groups is 2. The Kier molecular flexibility index (Phi) is 9.13. The largest absolute Gasteiger partial charge is 0.490 e. The number of thiocarbonyl (C=S) groups is 1. The second-order valence-corrected chi connectivity index (χ2v) is 12.1. The van der Waals surface area contributed by atoms with Crippen LogP contribution in [0.3, 0.4) is 0 Å². The second kappa shape index (κ2) is 11.2. The summed E-state index contributed by atoms with van der Waals surface area (Å²) in [5, 5.41) is 22.6. The molecule has 0 amide bonds. The zero-order valence-corrected chi connectivity index (χ0v) is 21.4. The molecule has 18 nitrogen and oxygen atoms in total. The molecule has 1 saturated heterocycles. The van der Waals surface area contributed by atoms with Gasteiger partial charge in [0, 0.05) is 6.42 Å². The maximum Gasteiger partial charge on any atom is 0.490 e. The molecule has 2 aromatic rings. The molecule has 1 fully saturated rings. The highest BCUT2D eigenvalue weighted by atomic mass is 32.1. The lowest BCUT2D eigenvalue weighted by molar-refractivity contribution is -0.0515. The molecular weight excluding hydrogens is 571 g/mol. The van der Waals surface area contributed by atoms with Crippen LogP contribution < -0.4 is 5.73 Å². The van der Waals surface area contributed by atoms with Gasteiger partial charge in [0.05, 0.1) is 6.61 Å². The molecule has 0 saturated carbocycles. The van der Waals surface area contributed by atoms with Gasteiger partial charge in [0.15, 0.2) is 23.2 Å². The van der Waals surface area contributed by atoms with E-state index in [1.54, 1.807) is 0 Å². The summed E-state index contributed by atoms with van der Waals surface area (Å²) >= 11 is 4.82. The number of nitrogens with zero attached hydrogens (tertiary/aromatic N) is 4. The third kappa shape index (κ3) is 7.18. The molecule has 8 N–H and O–H groups in total. The summed E-state index contributed by atoms with van der Waals surface area (Å²) in [6.45, 7) is -0.970. The maximum atomic E-state index is 12.0. The van der Waals surface area contributed by atoms with Gasteiger partial charge in [-0.15, -0.1) is 0 Å². The van der Waals surface area contributed by atoms with Crippen LogP contribution in [0.2, 0.25) is 0 Å². The Labute approximate surface area is 207 Å². The zero-order valence-electron chi connectivity index (χ0n) is 17.9.